The third kappa shape index (κ3) is 5.01. The summed E-state index contributed by atoms with van der Waals surface area (Å²) in [4.78, 5) is 17.1. The first-order valence-electron chi connectivity index (χ1n) is 9.53. The van der Waals surface area contributed by atoms with Crippen molar-refractivity contribution in [2.24, 2.45) is 0 Å². The van der Waals surface area contributed by atoms with Gasteiger partial charge in [-0.3, -0.25) is 9.69 Å². The van der Waals surface area contributed by atoms with Crippen LogP contribution in [0.25, 0.3) is 0 Å². The van der Waals surface area contributed by atoms with E-state index in [1.54, 1.807) is 7.11 Å². The second-order valence-electron chi connectivity index (χ2n) is 7.10. The third-order valence-electron chi connectivity index (χ3n) is 5.27. The van der Waals surface area contributed by atoms with Crippen LogP contribution in [0.5, 0.6) is 5.75 Å². The zero-order chi connectivity index (χ0) is 19.2. The van der Waals surface area contributed by atoms with Gasteiger partial charge in [0.25, 0.3) is 0 Å². The lowest BCUT2D eigenvalue weighted by Gasteiger charge is -2.38. The summed E-state index contributed by atoms with van der Waals surface area (Å²) >= 11 is 0. The van der Waals surface area contributed by atoms with Crippen molar-refractivity contribution in [3.05, 3.63) is 59.7 Å². The van der Waals surface area contributed by atoms with Gasteiger partial charge in [0.1, 0.15) is 5.75 Å². The first-order chi connectivity index (χ1) is 13.1. The highest BCUT2D eigenvalue weighted by molar-refractivity contribution is 5.81. The van der Waals surface area contributed by atoms with Gasteiger partial charge in [0.15, 0.2) is 0 Å². The van der Waals surface area contributed by atoms with Crippen molar-refractivity contribution in [1.29, 1.82) is 0 Å². The number of amides is 1. The van der Waals surface area contributed by atoms with Crippen LogP contribution in [0.4, 0.5) is 5.69 Å². The number of ether oxygens (including phenoxy) is 1. The zero-order valence-corrected chi connectivity index (χ0v) is 16.4. The molecule has 0 aromatic heterocycles. The number of piperazine rings is 1. The van der Waals surface area contributed by atoms with Crippen LogP contribution in [0.2, 0.25) is 0 Å². The van der Waals surface area contributed by atoms with E-state index in [2.05, 4.69) is 58.4 Å². The van der Waals surface area contributed by atoms with E-state index in [1.807, 2.05) is 19.1 Å². The minimum Gasteiger partial charge on any atom is -0.497 e. The Balaban J connectivity index is 1.47. The molecule has 0 saturated carbocycles. The van der Waals surface area contributed by atoms with E-state index in [0.29, 0.717) is 6.54 Å². The molecule has 2 aromatic rings. The molecule has 2 aromatic carbocycles. The highest BCUT2D eigenvalue weighted by Crippen LogP contribution is 2.21. The van der Waals surface area contributed by atoms with Gasteiger partial charge >= 0.3 is 0 Å². The number of rotatable bonds is 6. The molecule has 5 nitrogen and oxygen atoms in total. The van der Waals surface area contributed by atoms with Crippen molar-refractivity contribution in [3.8, 4) is 5.75 Å². The molecular weight excluding hydrogens is 338 g/mol. The van der Waals surface area contributed by atoms with Crippen LogP contribution in [0.15, 0.2) is 48.5 Å². The molecule has 144 valence electrons. The second kappa shape index (κ2) is 8.91. The average Bonchev–Trinajstić information content (AvgIpc) is 2.73. The van der Waals surface area contributed by atoms with Gasteiger partial charge in [-0.15, -0.1) is 0 Å². The van der Waals surface area contributed by atoms with Crippen molar-refractivity contribution in [3.63, 3.8) is 0 Å². The van der Waals surface area contributed by atoms with Crippen molar-refractivity contribution in [2.45, 2.75) is 26.4 Å². The first kappa shape index (κ1) is 19.2. The number of hydrogen-bond donors (Lipinski definition) is 1. The summed E-state index contributed by atoms with van der Waals surface area (Å²) in [7, 11) is 1.68. The first-order valence-corrected chi connectivity index (χ1v) is 9.53. The van der Waals surface area contributed by atoms with Crippen LogP contribution in [0.3, 0.4) is 0 Å². The molecule has 1 heterocycles. The maximum absolute atomic E-state index is 12.5. The Labute approximate surface area is 161 Å². The summed E-state index contributed by atoms with van der Waals surface area (Å²) in [5, 5.41) is 3.06. The SMILES string of the molecule is COc1ccc(N2CCN([C@@H](C)C(=O)NCc3ccc(C)cc3)CC2)cc1. The molecule has 5 heteroatoms. The highest BCUT2D eigenvalue weighted by atomic mass is 16.5. The number of methoxy groups -OCH3 is 1. The molecule has 0 aliphatic carbocycles. The fourth-order valence-corrected chi connectivity index (χ4v) is 3.37. The van der Waals surface area contributed by atoms with Crippen LogP contribution in [-0.4, -0.2) is 50.1 Å². The molecule has 1 atom stereocenters. The molecule has 1 amide bonds. The Morgan fingerprint density at radius 1 is 1.04 bits per heavy atom. The van der Waals surface area contributed by atoms with E-state index in [1.165, 1.54) is 11.3 Å². The van der Waals surface area contributed by atoms with Crippen LogP contribution in [0, 0.1) is 6.92 Å². The average molecular weight is 367 g/mol. The van der Waals surface area contributed by atoms with Gasteiger partial charge in [0.2, 0.25) is 5.91 Å². The molecule has 0 spiro atoms. The Morgan fingerprint density at radius 2 is 1.67 bits per heavy atom. The molecule has 27 heavy (non-hydrogen) atoms. The molecule has 1 N–H and O–H groups in total. The van der Waals surface area contributed by atoms with Crippen LogP contribution < -0.4 is 15.0 Å². The number of nitrogens with zero attached hydrogens (tertiary/aromatic N) is 2. The van der Waals surface area contributed by atoms with E-state index < -0.39 is 0 Å². The summed E-state index contributed by atoms with van der Waals surface area (Å²) in [5.41, 5.74) is 3.56. The Hall–Kier alpha value is -2.53. The number of hydrogen-bond acceptors (Lipinski definition) is 4. The van der Waals surface area contributed by atoms with E-state index in [9.17, 15) is 4.79 Å². The van der Waals surface area contributed by atoms with Gasteiger partial charge in [-0.1, -0.05) is 29.8 Å². The van der Waals surface area contributed by atoms with Crippen molar-refractivity contribution < 1.29 is 9.53 Å². The minimum absolute atomic E-state index is 0.0912. The molecule has 1 saturated heterocycles. The monoisotopic (exact) mass is 367 g/mol. The summed E-state index contributed by atoms with van der Waals surface area (Å²) in [6, 6.07) is 16.3. The predicted molar refractivity (Wildman–Crippen MR) is 109 cm³/mol. The quantitative estimate of drug-likeness (QED) is 0.853. The smallest absolute Gasteiger partial charge is 0.237 e. The van der Waals surface area contributed by atoms with Crippen molar-refractivity contribution in [2.75, 3.05) is 38.2 Å². The number of carbonyl (C=O) groups excluding carboxylic acids is 1. The van der Waals surface area contributed by atoms with E-state index in [0.717, 1.165) is 37.5 Å². The van der Waals surface area contributed by atoms with Crippen LogP contribution >= 0.6 is 0 Å². The van der Waals surface area contributed by atoms with Gasteiger partial charge in [-0.25, -0.2) is 0 Å². The Kier molecular flexibility index (Phi) is 6.35. The summed E-state index contributed by atoms with van der Waals surface area (Å²) in [5.74, 6) is 0.963. The number of carbonyl (C=O) groups is 1. The third-order valence-corrected chi connectivity index (χ3v) is 5.27. The van der Waals surface area contributed by atoms with Crippen molar-refractivity contribution >= 4 is 11.6 Å². The van der Waals surface area contributed by atoms with E-state index >= 15 is 0 Å². The predicted octanol–water partition coefficient (Wildman–Crippen LogP) is 2.83. The molecule has 1 aliphatic heterocycles. The van der Waals surface area contributed by atoms with E-state index in [-0.39, 0.29) is 11.9 Å². The van der Waals surface area contributed by atoms with Gasteiger partial charge in [-0.05, 0) is 43.7 Å². The summed E-state index contributed by atoms with van der Waals surface area (Å²) < 4.78 is 5.22. The molecular formula is C22H29N3O2. The standard InChI is InChI=1S/C22H29N3O2/c1-17-4-6-19(7-5-17)16-23-22(26)18(2)24-12-14-25(15-13-24)20-8-10-21(27-3)11-9-20/h4-11,18H,12-16H2,1-3H3,(H,23,26)/t18-/m0/s1. The number of aryl methyl sites for hydroxylation is 1. The van der Waals surface area contributed by atoms with E-state index in [4.69, 9.17) is 4.74 Å². The Bertz CT molecular complexity index is 735. The Morgan fingerprint density at radius 3 is 2.26 bits per heavy atom. The lowest BCUT2D eigenvalue weighted by Crippen LogP contribution is -2.53. The second-order valence-corrected chi connectivity index (χ2v) is 7.10. The number of anilines is 1. The molecule has 1 fully saturated rings. The number of benzene rings is 2. The molecule has 0 radical (unpaired) electrons. The summed E-state index contributed by atoms with van der Waals surface area (Å²) in [6.45, 7) is 8.24. The summed E-state index contributed by atoms with van der Waals surface area (Å²) in [6.07, 6.45) is 0. The van der Waals surface area contributed by atoms with Crippen molar-refractivity contribution in [1.82, 2.24) is 10.2 Å². The minimum atomic E-state index is -0.117. The lowest BCUT2D eigenvalue weighted by molar-refractivity contribution is -0.126. The number of nitrogens with one attached hydrogen (secondary N) is 1. The fourth-order valence-electron chi connectivity index (χ4n) is 3.37. The molecule has 0 unspecified atom stereocenters. The fraction of sp³-hybridized carbons (Fsp3) is 0.409. The molecule has 0 bridgehead atoms. The molecule has 3 rings (SSSR count). The van der Waals surface area contributed by atoms with Gasteiger partial charge in [0, 0.05) is 38.4 Å². The van der Waals surface area contributed by atoms with Crippen LogP contribution in [0.1, 0.15) is 18.1 Å². The molecule has 1 aliphatic rings. The maximum Gasteiger partial charge on any atom is 0.237 e. The largest absolute Gasteiger partial charge is 0.497 e. The normalized spacial score (nSPS) is 16.0. The van der Waals surface area contributed by atoms with Gasteiger partial charge < -0.3 is 15.0 Å². The topological polar surface area (TPSA) is 44.8 Å². The zero-order valence-electron chi connectivity index (χ0n) is 16.4. The highest BCUT2D eigenvalue weighted by Gasteiger charge is 2.25. The van der Waals surface area contributed by atoms with Gasteiger partial charge in [-0.2, -0.15) is 0 Å². The lowest BCUT2D eigenvalue weighted by atomic mass is 10.1. The van der Waals surface area contributed by atoms with Crippen LogP contribution in [-0.2, 0) is 11.3 Å². The van der Waals surface area contributed by atoms with Gasteiger partial charge in [0.05, 0.1) is 13.2 Å². The maximum atomic E-state index is 12.5.